The summed E-state index contributed by atoms with van der Waals surface area (Å²) in [5.41, 5.74) is 7.91. The number of aliphatic hydroxyl groups excluding tert-OH is 1. The second-order valence-electron chi connectivity index (χ2n) is 10.1. The Morgan fingerprint density at radius 2 is 1.80 bits per heavy atom. The average Bonchev–Trinajstić information content (AvgIpc) is 2.82. The summed E-state index contributed by atoms with van der Waals surface area (Å²) in [7, 11) is 4.02. The molecule has 0 radical (unpaired) electrons. The zero-order chi connectivity index (χ0) is 24.7. The fraction of sp³-hybridized carbons (Fsp3) is 0.533. The predicted octanol–water partition coefficient (Wildman–Crippen LogP) is 5.45. The van der Waals surface area contributed by atoms with Crippen LogP contribution in [0.3, 0.4) is 0 Å². The lowest BCUT2D eigenvalue weighted by atomic mass is 9.84. The summed E-state index contributed by atoms with van der Waals surface area (Å²) < 4.78 is 11.9. The number of aliphatic hydroxyl groups is 1. The van der Waals surface area contributed by atoms with Crippen molar-refractivity contribution in [1.29, 1.82) is 0 Å². The highest BCUT2D eigenvalue weighted by Gasteiger charge is 2.39. The fourth-order valence-electron chi connectivity index (χ4n) is 5.10. The average molecular weight is 484 g/mol. The molecule has 1 heterocycles. The van der Waals surface area contributed by atoms with E-state index in [2.05, 4.69) is 58.2 Å². The van der Waals surface area contributed by atoms with Crippen molar-refractivity contribution in [2.45, 2.75) is 65.3 Å². The number of methoxy groups -OCH3 is 1. The summed E-state index contributed by atoms with van der Waals surface area (Å²) in [6.07, 6.45) is 4.80. The van der Waals surface area contributed by atoms with Gasteiger partial charge >= 0.3 is 5.97 Å². The van der Waals surface area contributed by atoms with E-state index in [1.807, 2.05) is 0 Å². The zero-order valence-electron chi connectivity index (χ0n) is 22.7. The Hall–Kier alpha value is -2.37. The lowest BCUT2D eigenvalue weighted by molar-refractivity contribution is -0.940. The second-order valence-corrected chi connectivity index (χ2v) is 10.1. The molecule has 0 fully saturated rings. The van der Waals surface area contributed by atoms with Crippen LogP contribution in [0, 0.1) is 28.2 Å². The van der Waals surface area contributed by atoms with E-state index in [0.717, 1.165) is 61.0 Å². The Morgan fingerprint density at radius 3 is 2.51 bits per heavy atom. The standard InChI is InChI=1S/C29H42NO4.CH3/c1-21-9-10-24(20-28(21)33-5)19-27-26-18-23(3)22(2)17-25(26)11-13-30(27,4)14-12-29(32)34-16-8-6-7-15-31;/h9-10,17-18,20,27,31H,6-8,11-16,19H2,1-5H3;1H3/q+1;-1/t27-,30-;/m1./s1. The van der Waals surface area contributed by atoms with Crippen LogP contribution in [0.1, 0.15) is 65.1 Å². The zero-order valence-corrected chi connectivity index (χ0v) is 22.7. The van der Waals surface area contributed by atoms with Crippen molar-refractivity contribution in [1.82, 2.24) is 0 Å². The number of esters is 1. The van der Waals surface area contributed by atoms with E-state index in [-0.39, 0.29) is 26.0 Å². The Bertz CT molecular complexity index is 987. The van der Waals surface area contributed by atoms with Crippen molar-refractivity contribution in [3.63, 3.8) is 0 Å². The number of fused-ring (bicyclic) bond motifs is 1. The molecule has 0 bridgehead atoms. The first-order chi connectivity index (χ1) is 16.3. The first-order valence-corrected chi connectivity index (χ1v) is 12.6. The normalized spacial score (nSPS) is 19.0. The van der Waals surface area contributed by atoms with Crippen molar-refractivity contribution < 1.29 is 23.9 Å². The van der Waals surface area contributed by atoms with Crippen LogP contribution in [-0.2, 0) is 22.4 Å². The molecular formula is C30H45NO4. The van der Waals surface area contributed by atoms with E-state index in [0.29, 0.717) is 13.0 Å². The molecule has 3 rings (SSSR count). The van der Waals surface area contributed by atoms with Crippen LogP contribution in [0.4, 0.5) is 0 Å². The van der Waals surface area contributed by atoms with Crippen molar-refractivity contribution >= 4 is 5.97 Å². The number of nitrogens with zero attached hydrogens (tertiary/aromatic N) is 1. The molecule has 0 spiro atoms. The Labute approximate surface area is 212 Å². The molecule has 5 nitrogen and oxygen atoms in total. The number of rotatable bonds is 11. The highest BCUT2D eigenvalue weighted by molar-refractivity contribution is 5.69. The number of carbonyl (C=O) groups is 1. The SMILES string of the molecule is COc1cc(C[C@@H]2c3cc(C)c(C)cc3CC[N@+]2(C)CCC(=O)OCCCCCO)ccc1C.[CH3-]. The number of hydrogen-bond acceptors (Lipinski definition) is 4. The van der Waals surface area contributed by atoms with E-state index in [4.69, 9.17) is 14.6 Å². The lowest BCUT2D eigenvalue weighted by Crippen LogP contribution is -2.53. The molecule has 0 saturated carbocycles. The van der Waals surface area contributed by atoms with Crippen LogP contribution in [0.25, 0.3) is 0 Å². The summed E-state index contributed by atoms with van der Waals surface area (Å²) in [4.78, 5) is 12.5. The molecule has 2 atom stereocenters. The maximum atomic E-state index is 12.5. The number of carbonyl (C=O) groups excluding carboxylic acids is 1. The van der Waals surface area contributed by atoms with Gasteiger partial charge in [-0.15, -0.1) is 0 Å². The maximum absolute atomic E-state index is 12.5. The number of benzene rings is 2. The molecule has 1 aliphatic rings. The van der Waals surface area contributed by atoms with Crippen molar-refractivity contribution in [2.75, 3.05) is 40.5 Å². The molecule has 0 amide bonds. The molecule has 2 aromatic carbocycles. The van der Waals surface area contributed by atoms with Gasteiger partial charge in [-0.05, 0) is 80.0 Å². The molecule has 1 N–H and O–H groups in total. The number of hydrogen-bond donors (Lipinski definition) is 1. The molecule has 194 valence electrons. The number of quaternary nitrogens is 1. The largest absolute Gasteiger partial charge is 0.496 e. The molecular weight excluding hydrogens is 438 g/mol. The van der Waals surface area contributed by atoms with Crippen LogP contribution < -0.4 is 4.74 Å². The third kappa shape index (κ3) is 7.31. The molecule has 0 unspecified atom stereocenters. The van der Waals surface area contributed by atoms with Gasteiger partial charge in [-0.1, -0.05) is 18.2 Å². The van der Waals surface area contributed by atoms with Crippen LogP contribution >= 0.6 is 0 Å². The van der Waals surface area contributed by atoms with Gasteiger partial charge in [-0.25, -0.2) is 0 Å². The molecule has 0 aromatic heterocycles. The van der Waals surface area contributed by atoms with Crippen LogP contribution in [0.2, 0.25) is 0 Å². The van der Waals surface area contributed by atoms with E-state index >= 15 is 0 Å². The number of unbranched alkanes of at least 4 members (excludes halogenated alkanes) is 2. The van der Waals surface area contributed by atoms with E-state index < -0.39 is 0 Å². The lowest BCUT2D eigenvalue weighted by Gasteiger charge is -2.46. The highest BCUT2D eigenvalue weighted by atomic mass is 16.5. The maximum Gasteiger partial charge on any atom is 0.311 e. The summed E-state index contributed by atoms with van der Waals surface area (Å²) in [6, 6.07) is 11.5. The first kappa shape index (κ1) is 28.9. The van der Waals surface area contributed by atoms with Gasteiger partial charge in [-0.2, -0.15) is 0 Å². The number of ether oxygens (including phenoxy) is 2. The third-order valence-electron chi connectivity index (χ3n) is 7.55. The minimum Gasteiger partial charge on any atom is -0.496 e. The van der Waals surface area contributed by atoms with Crippen molar-refractivity contribution in [3.8, 4) is 5.75 Å². The quantitative estimate of drug-likeness (QED) is 0.200. The molecule has 5 heteroatoms. The topological polar surface area (TPSA) is 55.8 Å². The number of aryl methyl sites for hydroxylation is 3. The number of likely N-dealkylation sites (N-methyl/N-ethyl adjacent to an activating group) is 1. The van der Waals surface area contributed by atoms with Crippen LogP contribution in [-0.4, -0.2) is 56.0 Å². The summed E-state index contributed by atoms with van der Waals surface area (Å²) in [5.74, 6) is 0.803. The Kier molecular flexibility index (Phi) is 10.8. The summed E-state index contributed by atoms with van der Waals surface area (Å²) in [6.45, 7) is 8.85. The van der Waals surface area contributed by atoms with Gasteiger partial charge in [0, 0.05) is 25.0 Å². The highest BCUT2D eigenvalue weighted by Crippen LogP contribution is 2.39. The van der Waals surface area contributed by atoms with Gasteiger partial charge in [0.15, 0.2) is 0 Å². The van der Waals surface area contributed by atoms with Gasteiger partial charge in [0.2, 0.25) is 0 Å². The van der Waals surface area contributed by atoms with Gasteiger partial charge in [-0.3, -0.25) is 4.79 Å². The fourth-order valence-corrected chi connectivity index (χ4v) is 5.10. The van der Waals surface area contributed by atoms with Gasteiger partial charge < -0.3 is 26.5 Å². The van der Waals surface area contributed by atoms with Crippen molar-refractivity contribution in [2.24, 2.45) is 0 Å². The molecule has 0 saturated heterocycles. The molecule has 35 heavy (non-hydrogen) atoms. The van der Waals surface area contributed by atoms with E-state index in [1.54, 1.807) is 7.11 Å². The Balaban J connectivity index is 0.00000432. The molecule has 1 aliphatic heterocycles. The minimum absolute atomic E-state index is 0. The first-order valence-electron chi connectivity index (χ1n) is 12.6. The summed E-state index contributed by atoms with van der Waals surface area (Å²) >= 11 is 0. The van der Waals surface area contributed by atoms with Gasteiger partial charge in [0.25, 0.3) is 0 Å². The predicted molar refractivity (Wildman–Crippen MR) is 143 cm³/mol. The van der Waals surface area contributed by atoms with Gasteiger partial charge in [0.05, 0.1) is 40.3 Å². The van der Waals surface area contributed by atoms with E-state index in [9.17, 15) is 4.79 Å². The monoisotopic (exact) mass is 483 g/mol. The van der Waals surface area contributed by atoms with Crippen LogP contribution in [0.15, 0.2) is 30.3 Å². The third-order valence-corrected chi connectivity index (χ3v) is 7.55. The smallest absolute Gasteiger partial charge is 0.311 e. The summed E-state index contributed by atoms with van der Waals surface area (Å²) in [5, 5.41) is 8.89. The van der Waals surface area contributed by atoms with Crippen LogP contribution in [0.5, 0.6) is 5.75 Å². The second kappa shape index (κ2) is 13.1. The van der Waals surface area contributed by atoms with E-state index in [1.165, 1.54) is 27.8 Å². The molecule has 2 aromatic rings. The minimum atomic E-state index is -0.120. The van der Waals surface area contributed by atoms with Gasteiger partial charge in [0.1, 0.15) is 11.8 Å². The molecule has 0 aliphatic carbocycles. The Morgan fingerprint density at radius 1 is 1.06 bits per heavy atom. The van der Waals surface area contributed by atoms with Crippen molar-refractivity contribution in [3.05, 3.63) is 71.1 Å².